The van der Waals surface area contributed by atoms with E-state index in [1.165, 1.54) is 12.1 Å². The van der Waals surface area contributed by atoms with Crippen LogP contribution in [-0.4, -0.2) is 38.9 Å². The Labute approximate surface area is 209 Å². The molecule has 0 radical (unpaired) electrons. The van der Waals surface area contributed by atoms with Crippen LogP contribution in [0.5, 0.6) is 0 Å². The highest BCUT2D eigenvalue weighted by molar-refractivity contribution is 7.89. The molecule has 6 N–H and O–H groups in total. The monoisotopic (exact) mass is 509 g/mol. The third-order valence-corrected chi connectivity index (χ3v) is 6.43. The Morgan fingerprint density at radius 3 is 2.31 bits per heavy atom. The van der Waals surface area contributed by atoms with Gasteiger partial charge in [0.25, 0.3) is 5.91 Å². The number of carbonyl (C=O) groups excluding carboxylic acids is 2. The average molecular weight is 510 g/mol. The number of nitrogens with one attached hydrogen (secondary N) is 2. The minimum Gasteiger partial charge on any atom is -0.465 e. The molecule has 36 heavy (non-hydrogen) atoms. The van der Waals surface area contributed by atoms with Gasteiger partial charge in [0.15, 0.2) is 5.96 Å². The quantitative estimate of drug-likeness (QED) is 0.185. The van der Waals surface area contributed by atoms with Gasteiger partial charge in [0, 0.05) is 11.3 Å². The highest BCUT2D eigenvalue weighted by Gasteiger charge is 2.27. The van der Waals surface area contributed by atoms with Crippen molar-refractivity contribution in [3.63, 3.8) is 0 Å². The van der Waals surface area contributed by atoms with E-state index in [-0.39, 0.29) is 29.8 Å². The van der Waals surface area contributed by atoms with Gasteiger partial charge in [-0.2, -0.15) is 4.72 Å². The van der Waals surface area contributed by atoms with Crippen LogP contribution in [0.2, 0.25) is 0 Å². The van der Waals surface area contributed by atoms with Crippen molar-refractivity contribution in [3.8, 4) is 0 Å². The van der Waals surface area contributed by atoms with Crippen molar-refractivity contribution in [2.24, 2.45) is 16.5 Å². The number of aliphatic imine (C=N–C) groups is 1. The van der Waals surface area contributed by atoms with E-state index < -0.39 is 22.0 Å². The van der Waals surface area contributed by atoms with Gasteiger partial charge in [-0.1, -0.05) is 36.4 Å². The summed E-state index contributed by atoms with van der Waals surface area (Å²) in [6, 6.07) is 19.8. The molecule has 0 spiro atoms. The van der Waals surface area contributed by atoms with Crippen molar-refractivity contribution in [2.45, 2.75) is 24.3 Å². The number of rotatable bonds is 10. The molecule has 3 aromatic rings. The first kappa shape index (κ1) is 26.4. The van der Waals surface area contributed by atoms with E-state index in [2.05, 4.69) is 15.0 Å². The Morgan fingerprint density at radius 2 is 1.67 bits per heavy atom. The molecule has 1 unspecified atom stereocenters. The molecule has 0 saturated carbocycles. The van der Waals surface area contributed by atoms with Gasteiger partial charge in [0.1, 0.15) is 6.04 Å². The summed E-state index contributed by atoms with van der Waals surface area (Å²) >= 11 is 0. The number of hydrogen-bond acceptors (Lipinski definition) is 6. The first-order chi connectivity index (χ1) is 17.2. The summed E-state index contributed by atoms with van der Waals surface area (Å²) in [5, 5.41) is 2.77. The summed E-state index contributed by atoms with van der Waals surface area (Å²) in [7, 11) is -3.94. The van der Waals surface area contributed by atoms with Crippen LogP contribution in [0.25, 0.3) is 0 Å². The van der Waals surface area contributed by atoms with Gasteiger partial charge in [-0.3, -0.25) is 9.59 Å². The van der Waals surface area contributed by atoms with Crippen LogP contribution >= 0.6 is 0 Å². The average Bonchev–Trinajstić information content (AvgIpc) is 2.85. The van der Waals surface area contributed by atoms with Gasteiger partial charge in [0.2, 0.25) is 10.0 Å². The van der Waals surface area contributed by atoms with Crippen molar-refractivity contribution in [2.75, 3.05) is 11.9 Å². The van der Waals surface area contributed by atoms with Gasteiger partial charge in [-0.05, 0) is 61.4 Å². The van der Waals surface area contributed by atoms with E-state index in [0.29, 0.717) is 22.5 Å². The predicted molar refractivity (Wildman–Crippen MR) is 137 cm³/mol. The fourth-order valence-electron chi connectivity index (χ4n) is 3.30. The fraction of sp³-hybridized carbons (Fsp3) is 0.160. The number of benzene rings is 3. The standard InChI is InChI=1S/C25H27N5O5S/c1-2-35-24(32)22(30-36(33,34)21-9-4-3-5-10-21)15-17-11-13-19(14-12-17)28-23(31)18-7-6-8-20(16-18)29-25(26)27/h3-14,16,22,30H,2,15H2,1H3,(H,28,31)(H4,26,27,29). The fourth-order valence-corrected chi connectivity index (χ4v) is 4.51. The minimum atomic E-state index is -3.94. The zero-order valence-electron chi connectivity index (χ0n) is 19.5. The largest absolute Gasteiger partial charge is 0.465 e. The molecular formula is C25H27N5O5S. The Kier molecular flexibility index (Phi) is 8.76. The Bertz CT molecular complexity index is 1340. The lowest BCUT2D eigenvalue weighted by atomic mass is 10.1. The van der Waals surface area contributed by atoms with Crippen LogP contribution in [-0.2, 0) is 26.0 Å². The lowest BCUT2D eigenvalue weighted by Crippen LogP contribution is -2.43. The molecular weight excluding hydrogens is 482 g/mol. The second-order valence-electron chi connectivity index (χ2n) is 7.68. The minimum absolute atomic E-state index is 0.0428. The number of esters is 1. The van der Waals surface area contributed by atoms with E-state index in [1.54, 1.807) is 73.7 Å². The van der Waals surface area contributed by atoms with Crippen molar-refractivity contribution in [3.05, 3.63) is 90.0 Å². The third kappa shape index (κ3) is 7.39. The molecule has 11 heteroatoms. The van der Waals surface area contributed by atoms with Crippen molar-refractivity contribution < 1.29 is 22.7 Å². The maximum atomic E-state index is 12.7. The van der Waals surface area contributed by atoms with Crippen LogP contribution < -0.4 is 21.5 Å². The van der Waals surface area contributed by atoms with Crippen LogP contribution in [0.4, 0.5) is 11.4 Å². The van der Waals surface area contributed by atoms with Gasteiger partial charge in [-0.15, -0.1) is 0 Å². The van der Waals surface area contributed by atoms with E-state index in [4.69, 9.17) is 16.2 Å². The zero-order valence-corrected chi connectivity index (χ0v) is 20.4. The second-order valence-corrected chi connectivity index (χ2v) is 9.40. The lowest BCUT2D eigenvalue weighted by molar-refractivity contribution is -0.145. The summed E-state index contributed by atoms with van der Waals surface area (Å²) in [5.41, 5.74) is 12.7. The van der Waals surface area contributed by atoms with Crippen LogP contribution in [0.1, 0.15) is 22.8 Å². The van der Waals surface area contributed by atoms with Gasteiger partial charge >= 0.3 is 5.97 Å². The third-order valence-electron chi connectivity index (χ3n) is 4.94. The number of amides is 1. The highest BCUT2D eigenvalue weighted by atomic mass is 32.2. The number of sulfonamides is 1. The molecule has 1 amide bonds. The van der Waals surface area contributed by atoms with E-state index in [0.717, 1.165) is 0 Å². The molecule has 3 rings (SSSR count). The Hall–Kier alpha value is -4.22. The van der Waals surface area contributed by atoms with E-state index >= 15 is 0 Å². The molecule has 188 valence electrons. The SMILES string of the molecule is CCOC(=O)C(Cc1ccc(NC(=O)c2cccc(N=C(N)N)c2)cc1)NS(=O)(=O)c1ccccc1. The normalized spacial score (nSPS) is 11.8. The summed E-state index contributed by atoms with van der Waals surface area (Å²) in [5.74, 6) is -1.17. The maximum Gasteiger partial charge on any atom is 0.324 e. The molecule has 0 bridgehead atoms. The first-order valence-electron chi connectivity index (χ1n) is 11.0. The molecule has 3 aromatic carbocycles. The van der Waals surface area contributed by atoms with Crippen LogP contribution in [0, 0.1) is 0 Å². The smallest absolute Gasteiger partial charge is 0.324 e. The number of guanidine groups is 1. The van der Waals surface area contributed by atoms with E-state index in [1.807, 2.05) is 0 Å². The summed E-state index contributed by atoms with van der Waals surface area (Å²) in [6.45, 7) is 1.75. The highest BCUT2D eigenvalue weighted by Crippen LogP contribution is 2.18. The Morgan fingerprint density at radius 1 is 0.972 bits per heavy atom. The van der Waals surface area contributed by atoms with Crippen molar-refractivity contribution >= 4 is 39.2 Å². The van der Waals surface area contributed by atoms with Gasteiger partial charge in [-0.25, -0.2) is 13.4 Å². The zero-order chi connectivity index (χ0) is 26.1. The van der Waals surface area contributed by atoms with E-state index in [9.17, 15) is 18.0 Å². The molecule has 1 atom stereocenters. The molecule has 0 heterocycles. The molecule has 0 aliphatic heterocycles. The molecule has 0 fully saturated rings. The number of nitrogens with zero attached hydrogens (tertiary/aromatic N) is 1. The molecule has 0 aliphatic carbocycles. The topological polar surface area (TPSA) is 166 Å². The van der Waals surface area contributed by atoms with Gasteiger partial charge in [0.05, 0.1) is 17.2 Å². The molecule has 10 nitrogen and oxygen atoms in total. The number of nitrogens with two attached hydrogens (primary N) is 2. The number of carbonyl (C=O) groups is 2. The number of anilines is 1. The summed E-state index contributed by atoms with van der Waals surface area (Å²) in [4.78, 5) is 29.1. The molecule has 0 aromatic heterocycles. The molecule has 0 saturated heterocycles. The van der Waals surface area contributed by atoms with Crippen molar-refractivity contribution in [1.29, 1.82) is 0 Å². The van der Waals surface area contributed by atoms with Gasteiger partial charge < -0.3 is 21.5 Å². The van der Waals surface area contributed by atoms with Crippen molar-refractivity contribution in [1.82, 2.24) is 4.72 Å². The maximum absolute atomic E-state index is 12.7. The number of ether oxygens (including phenoxy) is 1. The number of hydrogen-bond donors (Lipinski definition) is 4. The molecule has 0 aliphatic rings. The Balaban J connectivity index is 1.72. The van der Waals surface area contributed by atoms with Crippen LogP contribution in [0.3, 0.4) is 0 Å². The lowest BCUT2D eigenvalue weighted by Gasteiger charge is -2.18. The summed E-state index contributed by atoms with van der Waals surface area (Å²) < 4.78 is 33.0. The first-order valence-corrected chi connectivity index (χ1v) is 12.5. The van der Waals surface area contributed by atoms with Crippen LogP contribution in [0.15, 0.2) is 88.8 Å². The predicted octanol–water partition coefficient (Wildman–Crippen LogP) is 2.30. The summed E-state index contributed by atoms with van der Waals surface area (Å²) in [6.07, 6.45) is 0.0552. The second kappa shape index (κ2) is 12.0.